The molecule has 4 nitrogen and oxygen atoms in total. The Hall–Kier alpha value is -1.36. The van der Waals surface area contributed by atoms with Gasteiger partial charge < -0.3 is 5.32 Å². The third-order valence-electron chi connectivity index (χ3n) is 1.95. The molecule has 0 saturated heterocycles. The van der Waals surface area contributed by atoms with Gasteiger partial charge in [-0.25, -0.2) is 4.98 Å². The summed E-state index contributed by atoms with van der Waals surface area (Å²) in [5, 5.41) is 11.2. The number of anilines is 1. The monoisotopic (exact) mass is 220 g/mol. The van der Waals surface area contributed by atoms with Gasteiger partial charge in [-0.15, -0.1) is 10.2 Å². The maximum Gasteiger partial charge on any atom is 0.243 e. The second-order valence-corrected chi connectivity index (χ2v) is 4.03. The fourth-order valence-electron chi connectivity index (χ4n) is 1.22. The Labute approximate surface area is 92.5 Å². The summed E-state index contributed by atoms with van der Waals surface area (Å²) in [4.78, 5) is 4.35. The van der Waals surface area contributed by atoms with Crippen LogP contribution in [-0.4, -0.2) is 33.7 Å². The predicted molar refractivity (Wildman–Crippen MR) is 64.2 cm³/mol. The molecule has 0 aliphatic rings. The molecule has 0 fully saturated rings. The zero-order valence-corrected chi connectivity index (χ0v) is 9.29. The first-order valence-corrected chi connectivity index (χ1v) is 6.12. The van der Waals surface area contributed by atoms with Crippen molar-refractivity contribution in [3.63, 3.8) is 0 Å². The summed E-state index contributed by atoms with van der Waals surface area (Å²) < 4.78 is 0. The van der Waals surface area contributed by atoms with E-state index in [9.17, 15) is 0 Å². The standard InChI is InChI=1S/C10H12N4S/c1-15-7-6-11-10-12-8-4-2-3-5-9(8)13-14-10/h2-5H,6-7H2,1H3,(H,11,12,14). The molecule has 0 radical (unpaired) electrons. The molecule has 0 unspecified atom stereocenters. The topological polar surface area (TPSA) is 50.7 Å². The van der Waals surface area contributed by atoms with E-state index in [1.54, 1.807) is 11.8 Å². The zero-order valence-electron chi connectivity index (χ0n) is 8.47. The highest BCUT2D eigenvalue weighted by molar-refractivity contribution is 7.98. The molecule has 0 bridgehead atoms. The quantitative estimate of drug-likeness (QED) is 0.796. The van der Waals surface area contributed by atoms with Crippen molar-refractivity contribution in [3.05, 3.63) is 24.3 Å². The Kier molecular flexibility index (Phi) is 3.34. The second-order valence-electron chi connectivity index (χ2n) is 3.04. The Morgan fingerprint density at radius 1 is 1.20 bits per heavy atom. The minimum atomic E-state index is 0.600. The van der Waals surface area contributed by atoms with Crippen LogP contribution in [0.1, 0.15) is 0 Å². The molecular formula is C10H12N4S. The minimum absolute atomic E-state index is 0.600. The van der Waals surface area contributed by atoms with Crippen LogP contribution in [0.3, 0.4) is 0 Å². The molecule has 0 spiro atoms. The number of para-hydroxylation sites is 1. The van der Waals surface area contributed by atoms with E-state index < -0.39 is 0 Å². The van der Waals surface area contributed by atoms with Gasteiger partial charge in [0.05, 0.1) is 5.52 Å². The van der Waals surface area contributed by atoms with Crippen LogP contribution in [0.5, 0.6) is 0 Å². The minimum Gasteiger partial charge on any atom is -0.352 e. The van der Waals surface area contributed by atoms with Crippen molar-refractivity contribution in [2.24, 2.45) is 0 Å². The van der Waals surface area contributed by atoms with E-state index in [4.69, 9.17) is 0 Å². The van der Waals surface area contributed by atoms with E-state index in [1.165, 1.54) is 0 Å². The summed E-state index contributed by atoms with van der Waals surface area (Å²) in [5.41, 5.74) is 1.70. The molecule has 1 aromatic carbocycles. The van der Waals surface area contributed by atoms with Crippen molar-refractivity contribution in [2.45, 2.75) is 0 Å². The first kappa shape index (κ1) is 10.2. The van der Waals surface area contributed by atoms with Crippen molar-refractivity contribution in [1.82, 2.24) is 15.2 Å². The molecule has 2 aromatic rings. The lowest BCUT2D eigenvalue weighted by molar-refractivity contribution is 1.00. The smallest absolute Gasteiger partial charge is 0.243 e. The van der Waals surface area contributed by atoms with Crippen LogP contribution in [-0.2, 0) is 0 Å². The van der Waals surface area contributed by atoms with Crippen molar-refractivity contribution >= 4 is 28.7 Å². The summed E-state index contributed by atoms with van der Waals surface area (Å²) in [6, 6.07) is 7.72. The van der Waals surface area contributed by atoms with Gasteiger partial charge >= 0.3 is 0 Å². The molecule has 0 saturated carbocycles. The van der Waals surface area contributed by atoms with Crippen LogP contribution in [0.4, 0.5) is 5.95 Å². The highest BCUT2D eigenvalue weighted by Crippen LogP contribution is 2.08. The van der Waals surface area contributed by atoms with Gasteiger partial charge in [-0.3, -0.25) is 0 Å². The summed E-state index contributed by atoms with van der Waals surface area (Å²) in [7, 11) is 0. The molecular weight excluding hydrogens is 208 g/mol. The molecule has 1 heterocycles. The number of thioether (sulfide) groups is 1. The Bertz CT molecular complexity index is 446. The zero-order chi connectivity index (χ0) is 10.5. The molecule has 0 atom stereocenters. The van der Waals surface area contributed by atoms with E-state index >= 15 is 0 Å². The number of nitrogens with one attached hydrogen (secondary N) is 1. The summed E-state index contributed by atoms with van der Waals surface area (Å²) in [6.07, 6.45) is 2.07. The summed E-state index contributed by atoms with van der Waals surface area (Å²) in [6.45, 7) is 0.862. The number of benzene rings is 1. The van der Waals surface area contributed by atoms with Crippen molar-refractivity contribution < 1.29 is 0 Å². The summed E-state index contributed by atoms with van der Waals surface area (Å²) >= 11 is 1.79. The Morgan fingerprint density at radius 3 is 2.80 bits per heavy atom. The van der Waals surface area contributed by atoms with Crippen LogP contribution in [0.15, 0.2) is 24.3 Å². The fourth-order valence-corrected chi connectivity index (χ4v) is 1.53. The van der Waals surface area contributed by atoms with Crippen molar-refractivity contribution in [1.29, 1.82) is 0 Å². The van der Waals surface area contributed by atoms with E-state index in [0.29, 0.717) is 5.95 Å². The number of rotatable bonds is 4. The van der Waals surface area contributed by atoms with Gasteiger partial charge in [0, 0.05) is 12.3 Å². The predicted octanol–water partition coefficient (Wildman–Crippen LogP) is 1.80. The average molecular weight is 220 g/mol. The van der Waals surface area contributed by atoms with Gasteiger partial charge in [0.1, 0.15) is 5.52 Å². The van der Waals surface area contributed by atoms with Gasteiger partial charge in [0.25, 0.3) is 0 Å². The lowest BCUT2D eigenvalue weighted by atomic mass is 10.3. The fraction of sp³-hybridized carbons (Fsp3) is 0.300. The maximum atomic E-state index is 4.35. The molecule has 5 heteroatoms. The maximum absolute atomic E-state index is 4.35. The molecule has 1 aromatic heterocycles. The molecule has 1 N–H and O–H groups in total. The highest BCUT2D eigenvalue weighted by Gasteiger charge is 1.99. The Morgan fingerprint density at radius 2 is 2.00 bits per heavy atom. The highest BCUT2D eigenvalue weighted by atomic mass is 32.2. The lowest BCUT2D eigenvalue weighted by Gasteiger charge is -2.02. The van der Waals surface area contributed by atoms with Crippen LogP contribution < -0.4 is 5.32 Å². The van der Waals surface area contributed by atoms with Gasteiger partial charge in [-0.05, 0) is 18.4 Å². The lowest BCUT2D eigenvalue weighted by Crippen LogP contribution is -2.08. The van der Waals surface area contributed by atoms with E-state index in [1.807, 2.05) is 24.3 Å². The van der Waals surface area contributed by atoms with Gasteiger partial charge in [-0.1, -0.05) is 12.1 Å². The van der Waals surface area contributed by atoms with Crippen LogP contribution in [0, 0.1) is 0 Å². The molecule has 15 heavy (non-hydrogen) atoms. The summed E-state index contributed by atoms with van der Waals surface area (Å²) in [5.74, 6) is 1.64. The second kappa shape index (κ2) is 4.93. The molecule has 78 valence electrons. The molecule has 2 rings (SSSR count). The third kappa shape index (κ3) is 2.56. The van der Waals surface area contributed by atoms with Crippen LogP contribution in [0.25, 0.3) is 11.0 Å². The van der Waals surface area contributed by atoms with Gasteiger partial charge in [0.15, 0.2) is 0 Å². The largest absolute Gasteiger partial charge is 0.352 e. The van der Waals surface area contributed by atoms with Crippen molar-refractivity contribution in [2.75, 3.05) is 23.9 Å². The number of fused-ring (bicyclic) bond motifs is 1. The van der Waals surface area contributed by atoms with Gasteiger partial charge in [-0.2, -0.15) is 11.8 Å². The van der Waals surface area contributed by atoms with E-state index in [0.717, 1.165) is 23.3 Å². The van der Waals surface area contributed by atoms with Crippen LogP contribution in [0.2, 0.25) is 0 Å². The first-order valence-electron chi connectivity index (χ1n) is 4.72. The SMILES string of the molecule is CSCCNc1nnc2ccccc2n1. The number of hydrogen-bond donors (Lipinski definition) is 1. The first-order chi connectivity index (χ1) is 7.40. The van der Waals surface area contributed by atoms with E-state index in [-0.39, 0.29) is 0 Å². The number of hydrogen-bond acceptors (Lipinski definition) is 5. The molecule has 0 amide bonds. The molecule has 0 aliphatic heterocycles. The molecule has 0 aliphatic carbocycles. The normalized spacial score (nSPS) is 10.5. The average Bonchev–Trinajstić information content (AvgIpc) is 2.29. The van der Waals surface area contributed by atoms with Gasteiger partial charge in [0.2, 0.25) is 5.95 Å². The number of nitrogens with zero attached hydrogens (tertiary/aromatic N) is 3. The third-order valence-corrected chi connectivity index (χ3v) is 2.56. The van der Waals surface area contributed by atoms with E-state index in [2.05, 4.69) is 26.8 Å². The van der Waals surface area contributed by atoms with Crippen LogP contribution >= 0.6 is 11.8 Å². The van der Waals surface area contributed by atoms with Crippen molar-refractivity contribution in [3.8, 4) is 0 Å². The Balaban J connectivity index is 2.16. The number of aromatic nitrogens is 3.